The molecule has 0 aliphatic carbocycles. The fourth-order valence-electron chi connectivity index (χ4n) is 2.65. The average molecular weight is 444 g/mol. The highest BCUT2D eigenvalue weighted by Crippen LogP contribution is 2.31. The molecule has 0 aliphatic heterocycles. The predicted octanol–water partition coefficient (Wildman–Crippen LogP) is 7.04. The Labute approximate surface area is 178 Å². The number of alkyl halides is 6. The van der Waals surface area contributed by atoms with E-state index in [-0.39, 0.29) is 6.04 Å². The molecule has 8 heteroatoms. The van der Waals surface area contributed by atoms with Crippen LogP contribution in [0.15, 0.2) is 79.1 Å². The average Bonchev–Trinajstić information content (AvgIpc) is 2.71. The number of hydrogen-bond acceptors (Lipinski definition) is 2. The maximum atomic E-state index is 12.8. The van der Waals surface area contributed by atoms with Gasteiger partial charge in [-0.3, -0.25) is 0 Å². The molecular weight excluding hydrogens is 418 g/mol. The standard InChI is InChI=1S/C16H21F3N2.C7H5F3/c1-5-8-14(20-15(6-2)21(3)4)12-9-7-10-13(11-12)16(17,18)19;8-7(9,10)6-4-2-1-3-5-6/h5-7,9-11,14,20H,1,8H2,2-4H3;1-5H/b15-6-;. The first-order valence-corrected chi connectivity index (χ1v) is 9.40. The number of allylic oxidation sites excluding steroid dienone is 1. The van der Waals surface area contributed by atoms with Crippen LogP contribution >= 0.6 is 0 Å². The summed E-state index contributed by atoms with van der Waals surface area (Å²) in [5, 5.41) is 3.25. The lowest BCUT2D eigenvalue weighted by atomic mass is 10.0. The van der Waals surface area contributed by atoms with E-state index in [9.17, 15) is 26.3 Å². The van der Waals surface area contributed by atoms with Gasteiger partial charge in [-0.25, -0.2) is 0 Å². The van der Waals surface area contributed by atoms with Crippen LogP contribution in [0.4, 0.5) is 26.3 Å². The summed E-state index contributed by atoms with van der Waals surface area (Å²) in [5.74, 6) is 0.847. The second-order valence-corrected chi connectivity index (χ2v) is 6.78. The minimum absolute atomic E-state index is 0.251. The Balaban J connectivity index is 0.000000399. The maximum absolute atomic E-state index is 12.8. The molecule has 0 spiro atoms. The highest BCUT2D eigenvalue weighted by molar-refractivity contribution is 5.29. The molecule has 0 saturated heterocycles. The van der Waals surface area contributed by atoms with E-state index in [1.807, 2.05) is 32.0 Å². The molecule has 2 nitrogen and oxygen atoms in total. The summed E-state index contributed by atoms with van der Waals surface area (Å²) in [6.45, 7) is 5.55. The van der Waals surface area contributed by atoms with Crippen LogP contribution in [0.5, 0.6) is 0 Å². The van der Waals surface area contributed by atoms with Gasteiger partial charge in [-0.05, 0) is 37.1 Å². The van der Waals surface area contributed by atoms with Crippen molar-refractivity contribution in [2.75, 3.05) is 14.1 Å². The molecule has 0 radical (unpaired) electrons. The minimum Gasteiger partial charge on any atom is -0.365 e. The van der Waals surface area contributed by atoms with Gasteiger partial charge in [0.05, 0.1) is 23.0 Å². The normalized spacial score (nSPS) is 13.0. The van der Waals surface area contributed by atoms with E-state index in [1.54, 1.807) is 18.2 Å². The Hall–Kier alpha value is -2.90. The Morgan fingerprint density at radius 2 is 1.48 bits per heavy atom. The third-order valence-electron chi connectivity index (χ3n) is 4.20. The summed E-state index contributed by atoms with van der Waals surface area (Å²) < 4.78 is 73.8. The molecule has 0 aliphatic rings. The van der Waals surface area contributed by atoms with Crippen molar-refractivity contribution in [3.05, 3.63) is 95.8 Å². The zero-order valence-corrected chi connectivity index (χ0v) is 17.6. The van der Waals surface area contributed by atoms with Gasteiger partial charge >= 0.3 is 12.4 Å². The van der Waals surface area contributed by atoms with Crippen LogP contribution in [0.2, 0.25) is 0 Å². The minimum atomic E-state index is -4.33. The molecule has 1 N–H and O–H groups in total. The molecule has 0 heterocycles. The van der Waals surface area contributed by atoms with Crippen LogP contribution in [-0.2, 0) is 12.4 Å². The molecule has 1 atom stereocenters. The molecule has 2 aromatic rings. The van der Waals surface area contributed by atoms with Gasteiger partial charge in [0, 0.05) is 14.1 Å². The number of rotatable bonds is 6. The summed E-state index contributed by atoms with van der Waals surface area (Å²) in [6.07, 6.45) is -4.43. The van der Waals surface area contributed by atoms with Crippen molar-refractivity contribution in [2.45, 2.75) is 31.7 Å². The van der Waals surface area contributed by atoms with Crippen molar-refractivity contribution >= 4 is 0 Å². The molecular formula is C23H26F6N2. The van der Waals surface area contributed by atoms with Crippen LogP contribution in [0.25, 0.3) is 0 Å². The van der Waals surface area contributed by atoms with Gasteiger partial charge in [-0.2, -0.15) is 26.3 Å². The van der Waals surface area contributed by atoms with Gasteiger partial charge in [0.25, 0.3) is 0 Å². The molecule has 2 aromatic carbocycles. The fourth-order valence-corrected chi connectivity index (χ4v) is 2.65. The lowest BCUT2D eigenvalue weighted by Crippen LogP contribution is -2.29. The number of nitrogens with one attached hydrogen (secondary N) is 1. The van der Waals surface area contributed by atoms with Crippen molar-refractivity contribution in [3.8, 4) is 0 Å². The predicted molar refractivity (Wildman–Crippen MR) is 111 cm³/mol. The van der Waals surface area contributed by atoms with E-state index < -0.39 is 23.5 Å². The zero-order chi connectivity index (χ0) is 23.7. The zero-order valence-electron chi connectivity index (χ0n) is 17.6. The largest absolute Gasteiger partial charge is 0.416 e. The number of nitrogens with zero attached hydrogens (tertiary/aromatic N) is 1. The second-order valence-electron chi connectivity index (χ2n) is 6.78. The first-order valence-electron chi connectivity index (χ1n) is 9.40. The molecule has 0 amide bonds. The summed E-state index contributed by atoms with van der Waals surface area (Å²) in [6, 6.07) is 11.5. The van der Waals surface area contributed by atoms with Crippen LogP contribution in [-0.4, -0.2) is 19.0 Å². The van der Waals surface area contributed by atoms with Gasteiger partial charge in [0.2, 0.25) is 0 Å². The van der Waals surface area contributed by atoms with Crippen molar-refractivity contribution in [3.63, 3.8) is 0 Å². The van der Waals surface area contributed by atoms with Crippen molar-refractivity contribution in [1.82, 2.24) is 10.2 Å². The van der Waals surface area contributed by atoms with Gasteiger partial charge in [0.15, 0.2) is 0 Å². The highest BCUT2D eigenvalue weighted by Gasteiger charge is 2.31. The Morgan fingerprint density at radius 3 is 1.90 bits per heavy atom. The van der Waals surface area contributed by atoms with Gasteiger partial charge < -0.3 is 10.2 Å². The summed E-state index contributed by atoms with van der Waals surface area (Å²) in [7, 11) is 3.75. The van der Waals surface area contributed by atoms with Crippen LogP contribution in [0.1, 0.15) is 36.1 Å². The molecule has 31 heavy (non-hydrogen) atoms. The lowest BCUT2D eigenvalue weighted by Gasteiger charge is -2.26. The van der Waals surface area contributed by atoms with Crippen molar-refractivity contribution in [2.24, 2.45) is 0 Å². The SMILES string of the molecule is C=CCC(N/C(=C/C)N(C)C)c1cccc(C(F)(F)F)c1.FC(F)(F)c1ccccc1. The fraction of sp³-hybridized carbons (Fsp3) is 0.304. The van der Waals surface area contributed by atoms with E-state index in [2.05, 4.69) is 11.9 Å². The van der Waals surface area contributed by atoms with E-state index in [1.165, 1.54) is 24.3 Å². The summed E-state index contributed by atoms with van der Waals surface area (Å²) in [5.41, 5.74) is -0.649. The van der Waals surface area contributed by atoms with Crippen LogP contribution in [0, 0.1) is 0 Å². The topological polar surface area (TPSA) is 15.3 Å². The van der Waals surface area contributed by atoms with Crippen molar-refractivity contribution in [1.29, 1.82) is 0 Å². The van der Waals surface area contributed by atoms with Gasteiger partial charge in [-0.1, -0.05) is 48.5 Å². The monoisotopic (exact) mass is 444 g/mol. The van der Waals surface area contributed by atoms with E-state index in [0.29, 0.717) is 12.0 Å². The lowest BCUT2D eigenvalue weighted by molar-refractivity contribution is -0.138. The number of halogens is 6. The third kappa shape index (κ3) is 8.78. The van der Waals surface area contributed by atoms with Crippen LogP contribution < -0.4 is 5.32 Å². The first-order chi connectivity index (χ1) is 14.4. The number of hydrogen-bond donors (Lipinski definition) is 1. The number of benzene rings is 2. The molecule has 0 aromatic heterocycles. The van der Waals surface area contributed by atoms with E-state index in [0.717, 1.165) is 24.0 Å². The summed E-state index contributed by atoms with van der Waals surface area (Å²) >= 11 is 0. The second kappa shape index (κ2) is 11.5. The van der Waals surface area contributed by atoms with E-state index in [4.69, 9.17) is 0 Å². The Bertz CT molecular complexity index is 839. The smallest absolute Gasteiger partial charge is 0.365 e. The molecule has 2 rings (SSSR count). The van der Waals surface area contributed by atoms with Gasteiger partial charge in [0.1, 0.15) is 0 Å². The van der Waals surface area contributed by atoms with E-state index >= 15 is 0 Å². The molecule has 0 saturated carbocycles. The van der Waals surface area contributed by atoms with Gasteiger partial charge in [-0.15, -0.1) is 6.58 Å². The van der Waals surface area contributed by atoms with Crippen LogP contribution in [0.3, 0.4) is 0 Å². The Kier molecular flexibility index (Phi) is 9.68. The summed E-state index contributed by atoms with van der Waals surface area (Å²) in [4.78, 5) is 1.88. The molecule has 0 fully saturated rings. The Morgan fingerprint density at radius 1 is 0.935 bits per heavy atom. The third-order valence-corrected chi connectivity index (χ3v) is 4.20. The van der Waals surface area contributed by atoms with Crippen molar-refractivity contribution < 1.29 is 26.3 Å². The molecule has 0 bridgehead atoms. The quantitative estimate of drug-likeness (QED) is 0.380. The highest BCUT2D eigenvalue weighted by atomic mass is 19.4. The first kappa shape index (κ1) is 26.1. The maximum Gasteiger partial charge on any atom is 0.416 e. The molecule has 1 unspecified atom stereocenters. The molecule has 170 valence electrons.